The number of rotatable bonds is 5. The van der Waals surface area contributed by atoms with E-state index in [1.54, 1.807) is 38.1 Å². The van der Waals surface area contributed by atoms with Crippen molar-refractivity contribution in [3.05, 3.63) is 59.4 Å². The number of nitrogens with zero attached hydrogens (tertiary/aromatic N) is 2. The van der Waals surface area contributed by atoms with E-state index in [9.17, 15) is 22.4 Å². The van der Waals surface area contributed by atoms with E-state index in [2.05, 4.69) is 5.32 Å². The number of hydrogen-bond donors (Lipinski definition) is 1. The maximum absolute atomic E-state index is 14.4. The van der Waals surface area contributed by atoms with Crippen LogP contribution in [0.15, 0.2) is 47.4 Å². The fraction of sp³-hybridized carbons (Fsp3) is 0.440. The Kier molecular flexibility index (Phi) is 6.52. The molecule has 4 rings (SSSR count). The summed E-state index contributed by atoms with van der Waals surface area (Å²) in [6, 6.07) is 10.7. The standard InChI is InChI=1S/C25H30FN3O4S/c1-17-8-12-21(13-9-17)34(32,33)28-15-23(30)29(20-11-10-18(2)22(26)14-20)25(3,16-28)24(31)27-19-6-4-5-7-19/h8-14,19H,4-7,15-16H2,1-3H3,(H,27,31). The van der Waals surface area contributed by atoms with Crippen LogP contribution in [0.4, 0.5) is 10.1 Å². The fourth-order valence-corrected chi connectivity index (χ4v) is 6.21. The molecule has 7 nitrogen and oxygen atoms in total. The Bertz CT molecular complexity index is 1210. The average molecular weight is 488 g/mol. The molecule has 1 aliphatic carbocycles. The van der Waals surface area contributed by atoms with Gasteiger partial charge in [-0.3, -0.25) is 14.5 Å². The first-order valence-corrected chi connectivity index (χ1v) is 12.9. The summed E-state index contributed by atoms with van der Waals surface area (Å²) in [4.78, 5) is 28.3. The number of nitrogens with one attached hydrogen (secondary N) is 1. The maximum Gasteiger partial charge on any atom is 0.247 e. The van der Waals surface area contributed by atoms with Crippen molar-refractivity contribution >= 4 is 27.5 Å². The van der Waals surface area contributed by atoms with Gasteiger partial charge >= 0.3 is 0 Å². The lowest BCUT2D eigenvalue weighted by Gasteiger charge is -2.47. The highest BCUT2D eigenvalue weighted by Crippen LogP contribution is 2.33. The summed E-state index contributed by atoms with van der Waals surface area (Å²) in [5, 5.41) is 3.01. The molecule has 2 fully saturated rings. The predicted molar refractivity (Wildman–Crippen MR) is 127 cm³/mol. The summed E-state index contributed by atoms with van der Waals surface area (Å²) in [5.74, 6) is -1.54. The van der Waals surface area contributed by atoms with Crippen molar-refractivity contribution in [2.24, 2.45) is 0 Å². The van der Waals surface area contributed by atoms with Crippen LogP contribution < -0.4 is 10.2 Å². The number of halogens is 1. The molecule has 1 heterocycles. The van der Waals surface area contributed by atoms with Crippen molar-refractivity contribution in [1.82, 2.24) is 9.62 Å². The number of amides is 2. The second-order valence-corrected chi connectivity index (χ2v) is 11.4. The Morgan fingerprint density at radius 1 is 1.09 bits per heavy atom. The van der Waals surface area contributed by atoms with Crippen molar-refractivity contribution < 1.29 is 22.4 Å². The minimum absolute atomic E-state index is 0.0277. The first kappa shape index (κ1) is 24.3. The SMILES string of the molecule is Cc1ccc(S(=O)(=O)N2CC(=O)N(c3ccc(C)c(F)c3)C(C)(C(=O)NC3CCCC3)C2)cc1. The number of aryl methyl sites for hydroxylation is 2. The number of carbonyl (C=O) groups is 2. The van der Waals surface area contributed by atoms with E-state index >= 15 is 0 Å². The van der Waals surface area contributed by atoms with Crippen LogP contribution in [0.3, 0.4) is 0 Å². The minimum Gasteiger partial charge on any atom is -0.351 e. The maximum atomic E-state index is 14.4. The van der Waals surface area contributed by atoms with Crippen LogP contribution in [0.1, 0.15) is 43.7 Å². The Hall–Kier alpha value is -2.78. The first-order chi connectivity index (χ1) is 16.0. The Balaban J connectivity index is 1.74. The molecule has 0 spiro atoms. The van der Waals surface area contributed by atoms with E-state index in [-0.39, 0.29) is 23.2 Å². The van der Waals surface area contributed by atoms with Gasteiger partial charge in [0.15, 0.2) is 0 Å². The highest BCUT2D eigenvalue weighted by atomic mass is 32.2. The molecule has 2 aromatic rings. The molecule has 2 amide bonds. The van der Waals surface area contributed by atoms with Gasteiger partial charge in [-0.05, 0) is 63.4 Å². The third-order valence-electron chi connectivity index (χ3n) is 6.79. The van der Waals surface area contributed by atoms with Crippen molar-refractivity contribution in [2.45, 2.75) is 62.9 Å². The average Bonchev–Trinajstić information content (AvgIpc) is 3.29. The molecule has 1 atom stereocenters. The van der Waals surface area contributed by atoms with Gasteiger partial charge in [0.05, 0.1) is 11.4 Å². The number of benzene rings is 2. The summed E-state index contributed by atoms with van der Waals surface area (Å²) in [6.45, 7) is 4.31. The molecular weight excluding hydrogens is 457 g/mol. The lowest BCUT2D eigenvalue weighted by Crippen LogP contribution is -2.70. The number of sulfonamides is 1. The third-order valence-corrected chi connectivity index (χ3v) is 8.60. The highest BCUT2D eigenvalue weighted by molar-refractivity contribution is 7.89. The van der Waals surface area contributed by atoms with E-state index in [0.717, 1.165) is 35.6 Å². The van der Waals surface area contributed by atoms with Gasteiger partial charge in [0.25, 0.3) is 0 Å². The van der Waals surface area contributed by atoms with Gasteiger partial charge < -0.3 is 5.32 Å². The van der Waals surface area contributed by atoms with E-state index < -0.39 is 39.7 Å². The fourth-order valence-electron chi connectivity index (χ4n) is 4.73. The molecule has 1 saturated carbocycles. The summed E-state index contributed by atoms with van der Waals surface area (Å²) in [5.41, 5.74) is -0.0160. The van der Waals surface area contributed by atoms with Gasteiger partial charge in [0.2, 0.25) is 21.8 Å². The zero-order valence-corrected chi connectivity index (χ0v) is 20.5. The van der Waals surface area contributed by atoms with E-state index in [1.807, 2.05) is 6.92 Å². The van der Waals surface area contributed by atoms with Gasteiger partial charge in [-0.15, -0.1) is 0 Å². The molecule has 2 aromatic carbocycles. The number of piperazine rings is 1. The van der Waals surface area contributed by atoms with Crippen LogP contribution in [0.25, 0.3) is 0 Å². The summed E-state index contributed by atoms with van der Waals surface area (Å²) in [6.07, 6.45) is 3.67. The summed E-state index contributed by atoms with van der Waals surface area (Å²) < 4.78 is 42.3. The molecule has 9 heteroatoms. The van der Waals surface area contributed by atoms with Gasteiger partial charge in [-0.1, -0.05) is 36.6 Å². The molecule has 1 aliphatic heterocycles. The molecule has 0 radical (unpaired) electrons. The molecular formula is C25H30FN3O4S. The lowest BCUT2D eigenvalue weighted by molar-refractivity contribution is -0.133. The van der Waals surface area contributed by atoms with Crippen LogP contribution in [0, 0.1) is 19.7 Å². The van der Waals surface area contributed by atoms with E-state index in [4.69, 9.17) is 0 Å². The first-order valence-electron chi connectivity index (χ1n) is 11.5. The molecule has 0 bridgehead atoms. The Morgan fingerprint density at radius 2 is 1.74 bits per heavy atom. The van der Waals surface area contributed by atoms with Gasteiger partial charge in [0, 0.05) is 18.3 Å². The second-order valence-electron chi connectivity index (χ2n) is 9.48. The van der Waals surface area contributed by atoms with Crippen molar-refractivity contribution in [3.8, 4) is 0 Å². The largest absolute Gasteiger partial charge is 0.351 e. The third kappa shape index (κ3) is 4.46. The number of anilines is 1. The molecule has 1 unspecified atom stereocenters. The van der Waals surface area contributed by atoms with E-state index in [1.165, 1.54) is 23.1 Å². The molecule has 34 heavy (non-hydrogen) atoms. The van der Waals surface area contributed by atoms with Crippen LogP contribution in [0.2, 0.25) is 0 Å². The number of carbonyl (C=O) groups excluding carboxylic acids is 2. The second kappa shape index (κ2) is 9.11. The quantitative estimate of drug-likeness (QED) is 0.701. The minimum atomic E-state index is -4.03. The topological polar surface area (TPSA) is 86.8 Å². The molecule has 0 aromatic heterocycles. The zero-order valence-electron chi connectivity index (χ0n) is 19.7. The van der Waals surface area contributed by atoms with Gasteiger partial charge in [-0.25, -0.2) is 12.8 Å². The van der Waals surface area contributed by atoms with Crippen LogP contribution in [0.5, 0.6) is 0 Å². The zero-order chi connectivity index (χ0) is 24.7. The highest BCUT2D eigenvalue weighted by Gasteiger charge is 2.51. The lowest BCUT2D eigenvalue weighted by atomic mass is 9.93. The van der Waals surface area contributed by atoms with Crippen LogP contribution in [-0.4, -0.2) is 49.2 Å². The van der Waals surface area contributed by atoms with Crippen LogP contribution in [-0.2, 0) is 19.6 Å². The summed E-state index contributed by atoms with van der Waals surface area (Å²) in [7, 11) is -4.03. The van der Waals surface area contributed by atoms with Gasteiger partial charge in [-0.2, -0.15) is 4.31 Å². The molecule has 1 saturated heterocycles. The Morgan fingerprint density at radius 3 is 2.35 bits per heavy atom. The normalized spacial score (nSPS) is 22.2. The monoisotopic (exact) mass is 487 g/mol. The van der Waals surface area contributed by atoms with Crippen LogP contribution >= 0.6 is 0 Å². The molecule has 2 aliphatic rings. The molecule has 182 valence electrons. The van der Waals surface area contributed by atoms with Crippen molar-refractivity contribution in [2.75, 3.05) is 18.0 Å². The van der Waals surface area contributed by atoms with Crippen molar-refractivity contribution in [1.29, 1.82) is 0 Å². The smallest absolute Gasteiger partial charge is 0.247 e. The summed E-state index contributed by atoms with van der Waals surface area (Å²) >= 11 is 0. The van der Waals surface area contributed by atoms with Crippen molar-refractivity contribution in [3.63, 3.8) is 0 Å². The van der Waals surface area contributed by atoms with Gasteiger partial charge in [0.1, 0.15) is 11.4 Å². The Labute approximate surface area is 200 Å². The van der Waals surface area contributed by atoms with E-state index in [0.29, 0.717) is 5.56 Å². The molecule has 1 N–H and O–H groups in total. The number of hydrogen-bond acceptors (Lipinski definition) is 4. The predicted octanol–water partition coefficient (Wildman–Crippen LogP) is 3.30.